The fourth-order valence-electron chi connectivity index (χ4n) is 8.51. The molecule has 14 heteroatoms. The van der Waals surface area contributed by atoms with Gasteiger partial charge in [-0.25, -0.2) is 0 Å². The van der Waals surface area contributed by atoms with Gasteiger partial charge in [0.2, 0.25) is 29.5 Å². The molecule has 1 unspecified atom stereocenters. The summed E-state index contributed by atoms with van der Waals surface area (Å²) in [6, 6.07) is 6.05. The fourth-order valence-corrected chi connectivity index (χ4v) is 8.51. The molecule has 10 atom stereocenters. The molecule has 1 heterocycles. The Kier molecular flexibility index (Phi) is 22.1. The van der Waals surface area contributed by atoms with E-state index in [2.05, 4.69) is 10.6 Å². The molecule has 5 N–H and O–H groups in total. The number of rotatable bonds is 25. The molecule has 1 saturated heterocycles. The van der Waals surface area contributed by atoms with Crippen LogP contribution < -0.4 is 16.4 Å². The average Bonchev–Trinajstić information content (AvgIpc) is 3.70. The number of hydrogen-bond acceptors (Lipinski definition) is 9. The highest BCUT2D eigenvalue weighted by molar-refractivity contribution is 5.92. The van der Waals surface area contributed by atoms with Crippen molar-refractivity contribution in [3.05, 3.63) is 35.9 Å². The van der Waals surface area contributed by atoms with E-state index < -0.39 is 54.3 Å². The van der Waals surface area contributed by atoms with Crippen molar-refractivity contribution < 1.29 is 38.6 Å². The van der Waals surface area contributed by atoms with Crippen LogP contribution in [0.2, 0.25) is 0 Å². The van der Waals surface area contributed by atoms with E-state index in [1.54, 1.807) is 52.0 Å². The summed E-state index contributed by atoms with van der Waals surface area (Å²) in [6.07, 6.45) is 2.57. The Morgan fingerprint density at radius 2 is 1.53 bits per heavy atom. The minimum absolute atomic E-state index is 0.0107. The summed E-state index contributed by atoms with van der Waals surface area (Å²) in [5.74, 6) is -2.47. The molecular formula is C45H78N6O8. The van der Waals surface area contributed by atoms with Crippen LogP contribution in [-0.4, -0.2) is 133 Å². The molecule has 1 aliphatic heterocycles. The minimum atomic E-state index is -0.893. The van der Waals surface area contributed by atoms with Gasteiger partial charge in [0, 0.05) is 41.3 Å². The number of benzene rings is 1. The average molecular weight is 831 g/mol. The number of amides is 5. The van der Waals surface area contributed by atoms with E-state index in [1.165, 1.54) is 4.90 Å². The Hall–Kier alpha value is -3.59. The number of carbonyl (C=O) groups is 5. The van der Waals surface area contributed by atoms with Crippen LogP contribution in [0.1, 0.15) is 118 Å². The van der Waals surface area contributed by atoms with Crippen molar-refractivity contribution >= 4 is 29.5 Å². The molecule has 1 aromatic carbocycles. The second-order valence-corrected chi connectivity index (χ2v) is 17.3. The van der Waals surface area contributed by atoms with E-state index >= 15 is 0 Å². The van der Waals surface area contributed by atoms with Crippen molar-refractivity contribution in [1.29, 1.82) is 0 Å². The third-order valence-corrected chi connectivity index (χ3v) is 12.3. The molecule has 0 aliphatic carbocycles. The van der Waals surface area contributed by atoms with Gasteiger partial charge in [-0.05, 0) is 62.5 Å². The Bertz CT molecular complexity index is 1460. The molecule has 336 valence electrons. The number of likely N-dealkylation sites (tertiary alicyclic amines) is 1. The van der Waals surface area contributed by atoms with Gasteiger partial charge in [-0.1, -0.05) is 91.6 Å². The van der Waals surface area contributed by atoms with Crippen LogP contribution in [0.15, 0.2) is 30.3 Å². The molecule has 14 nitrogen and oxygen atoms in total. The normalized spacial score (nSPS) is 18.9. The second kappa shape index (κ2) is 25.2. The summed E-state index contributed by atoms with van der Waals surface area (Å²) >= 11 is 0. The van der Waals surface area contributed by atoms with Crippen molar-refractivity contribution in [3.8, 4) is 0 Å². The molecule has 1 aliphatic rings. The summed E-state index contributed by atoms with van der Waals surface area (Å²) in [4.78, 5) is 74.2. The number of nitrogens with zero attached hydrogens (tertiary/aromatic N) is 3. The van der Waals surface area contributed by atoms with Crippen LogP contribution in [0.3, 0.4) is 0 Å². The predicted octanol–water partition coefficient (Wildman–Crippen LogP) is 4.29. The van der Waals surface area contributed by atoms with Gasteiger partial charge in [0.15, 0.2) is 0 Å². The number of unbranched alkanes of at least 4 members (excludes halogenated alkanes) is 2. The Balaban J connectivity index is 2.26. The first kappa shape index (κ1) is 51.6. The number of aliphatic hydroxyl groups is 1. The topological polar surface area (TPSA) is 184 Å². The molecule has 1 aromatic rings. The van der Waals surface area contributed by atoms with Crippen LogP contribution in [-0.2, 0) is 33.4 Å². The van der Waals surface area contributed by atoms with Crippen molar-refractivity contribution in [2.45, 2.75) is 155 Å². The molecule has 1 fully saturated rings. The van der Waals surface area contributed by atoms with Gasteiger partial charge in [-0.2, -0.15) is 0 Å². The largest absolute Gasteiger partial charge is 0.386 e. The fraction of sp³-hybridized carbons (Fsp3) is 0.756. The lowest BCUT2D eigenvalue weighted by atomic mass is 9.89. The first-order valence-electron chi connectivity index (χ1n) is 21.8. The summed E-state index contributed by atoms with van der Waals surface area (Å²) in [7, 11) is 6.42. The standard InChI is InChI=1S/C45H78N6O8/c1-13-30(6)40(50(10)45(57)38(28(2)3)48-44(56)39(29(4)5)49(9)36(52)24-18-15-19-25-46)35(58-11)27-37(53)51-26-20-23-34(51)42(59-12)31(7)43(55)47-32(8)41(54)33-21-16-14-17-22-33/h14,16-17,21-22,28-32,34-35,38-42,54H,13,15,18-20,23-27,46H2,1-12H3,(H,47,55)(H,48,56)/t30-,31+,32+,34-,35+,38-,39?,40-,41+,42+/m0/s1. The molecule has 0 bridgehead atoms. The maximum Gasteiger partial charge on any atom is 0.245 e. The molecule has 0 aromatic heterocycles. The van der Waals surface area contributed by atoms with Crippen molar-refractivity contribution in [1.82, 2.24) is 25.3 Å². The Morgan fingerprint density at radius 3 is 2.07 bits per heavy atom. The van der Waals surface area contributed by atoms with Crippen LogP contribution in [0.4, 0.5) is 0 Å². The van der Waals surface area contributed by atoms with Crippen LogP contribution in [0.5, 0.6) is 0 Å². The number of carbonyl (C=O) groups excluding carboxylic acids is 5. The molecule has 2 rings (SSSR count). The Labute approximate surface area is 354 Å². The number of methoxy groups -OCH3 is 2. The highest BCUT2D eigenvalue weighted by Gasteiger charge is 2.43. The van der Waals surface area contributed by atoms with Crippen LogP contribution >= 0.6 is 0 Å². The lowest BCUT2D eigenvalue weighted by Crippen LogP contribution is -2.60. The van der Waals surface area contributed by atoms with Gasteiger partial charge in [0.05, 0.1) is 48.8 Å². The summed E-state index contributed by atoms with van der Waals surface area (Å²) in [5, 5.41) is 16.8. The highest BCUT2D eigenvalue weighted by atomic mass is 16.5. The summed E-state index contributed by atoms with van der Waals surface area (Å²) in [5.41, 5.74) is 6.31. The zero-order chi connectivity index (χ0) is 44.6. The highest BCUT2D eigenvalue weighted by Crippen LogP contribution is 2.30. The lowest BCUT2D eigenvalue weighted by molar-refractivity contribution is -0.148. The van der Waals surface area contributed by atoms with Crippen molar-refractivity contribution in [2.24, 2.45) is 29.4 Å². The number of aliphatic hydroxyl groups excluding tert-OH is 1. The number of nitrogens with one attached hydrogen (secondary N) is 2. The number of ether oxygens (including phenoxy) is 2. The summed E-state index contributed by atoms with van der Waals surface area (Å²) < 4.78 is 12.0. The predicted molar refractivity (Wildman–Crippen MR) is 231 cm³/mol. The zero-order valence-electron chi connectivity index (χ0n) is 38.1. The van der Waals surface area contributed by atoms with E-state index in [0.717, 1.165) is 19.3 Å². The van der Waals surface area contributed by atoms with Crippen LogP contribution in [0.25, 0.3) is 0 Å². The molecule has 5 amide bonds. The molecule has 59 heavy (non-hydrogen) atoms. The smallest absolute Gasteiger partial charge is 0.245 e. The molecule has 0 spiro atoms. The molecular weight excluding hydrogens is 753 g/mol. The molecule has 0 saturated carbocycles. The van der Waals surface area contributed by atoms with Gasteiger partial charge in [-0.3, -0.25) is 24.0 Å². The second-order valence-electron chi connectivity index (χ2n) is 17.3. The lowest BCUT2D eigenvalue weighted by Gasteiger charge is -2.41. The van der Waals surface area contributed by atoms with Crippen molar-refractivity contribution in [3.63, 3.8) is 0 Å². The van der Waals surface area contributed by atoms with Crippen molar-refractivity contribution in [2.75, 3.05) is 41.4 Å². The van der Waals surface area contributed by atoms with Gasteiger partial charge in [-0.15, -0.1) is 0 Å². The van der Waals surface area contributed by atoms with Crippen LogP contribution in [0, 0.1) is 23.7 Å². The first-order valence-corrected chi connectivity index (χ1v) is 21.8. The Morgan fingerprint density at radius 1 is 0.881 bits per heavy atom. The first-order chi connectivity index (χ1) is 27.9. The quantitative estimate of drug-likeness (QED) is 0.105. The van der Waals surface area contributed by atoms with Gasteiger partial charge in [0.25, 0.3) is 0 Å². The number of likely N-dealkylation sites (N-methyl/N-ethyl adjacent to an activating group) is 2. The molecule has 0 radical (unpaired) electrons. The van der Waals surface area contributed by atoms with Gasteiger partial charge < -0.3 is 45.6 Å². The summed E-state index contributed by atoms with van der Waals surface area (Å²) in [6.45, 7) is 16.1. The SMILES string of the molecule is CC[C@H](C)[C@@H]([C@@H](CC(=O)N1CCC[C@H]1[C@H](OC)[C@@H](C)C(=O)N[C@H](C)[C@@H](O)c1ccccc1)OC)N(C)C(=O)[C@@H](NC(=O)C(C(C)C)N(C)C(=O)CCCCCN)C(C)C. The van der Waals surface area contributed by atoms with E-state index in [0.29, 0.717) is 44.3 Å². The van der Waals surface area contributed by atoms with E-state index in [1.807, 2.05) is 71.9 Å². The number of hydrogen-bond donors (Lipinski definition) is 4. The third-order valence-electron chi connectivity index (χ3n) is 12.3. The minimum Gasteiger partial charge on any atom is -0.386 e. The van der Waals surface area contributed by atoms with E-state index in [9.17, 15) is 29.1 Å². The van der Waals surface area contributed by atoms with Gasteiger partial charge >= 0.3 is 0 Å². The maximum absolute atomic E-state index is 14.5. The monoisotopic (exact) mass is 831 g/mol. The van der Waals surface area contributed by atoms with Gasteiger partial charge in [0.1, 0.15) is 12.1 Å². The zero-order valence-corrected chi connectivity index (χ0v) is 38.1. The third kappa shape index (κ3) is 14.3. The van der Waals surface area contributed by atoms with E-state index in [-0.39, 0.29) is 53.8 Å². The number of nitrogens with two attached hydrogens (primary N) is 1. The van der Waals surface area contributed by atoms with E-state index in [4.69, 9.17) is 15.2 Å². The maximum atomic E-state index is 14.5.